The van der Waals surface area contributed by atoms with E-state index < -0.39 is 0 Å². The molecule has 170 valence electrons. The first-order chi connectivity index (χ1) is 15.4. The molecular weight excluding hydrogens is 400 g/mol. The van der Waals surface area contributed by atoms with Gasteiger partial charge in [-0.25, -0.2) is 4.79 Å². The Balaban J connectivity index is 1.38. The number of benzene rings is 2. The normalized spacial score (nSPS) is 11.5. The van der Waals surface area contributed by atoms with Crippen LogP contribution in [0, 0.1) is 0 Å². The number of carbonyl (C=O) groups excluding carboxylic acids is 2. The molecule has 0 fully saturated rings. The Hall–Kier alpha value is -3.08. The van der Waals surface area contributed by atoms with Crippen molar-refractivity contribution in [2.45, 2.75) is 58.4 Å². The molecule has 3 aromatic rings. The van der Waals surface area contributed by atoms with Crippen LogP contribution in [0.5, 0.6) is 0 Å². The molecule has 1 amide bonds. The van der Waals surface area contributed by atoms with Crippen molar-refractivity contribution in [1.82, 2.24) is 9.88 Å². The van der Waals surface area contributed by atoms with Crippen LogP contribution in [-0.2, 0) is 11.2 Å². The number of H-pyrrole nitrogens is 1. The number of rotatable bonds is 10. The summed E-state index contributed by atoms with van der Waals surface area (Å²) in [5.74, 6) is 0.152. The maximum atomic E-state index is 12.7. The number of amides is 1. The monoisotopic (exact) mass is 434 g/mol. The van der Waals surface area contributed by atoms with Gasteiger partial charge in [0.05, 0.1) is 6.61 Å². The van der Waals surface area contributed by atoms with Crippen LogP contribution in [0.3, 0.4) is 0 Å². The van der Waals surface area contributed by atoms with Gasteiger partial charge in [-0.3, -0.25) is 4.79 Å². The molecule has 0 bridgehead atoms. The second-order valence-corrected chi connectivity index (χ2v) is 9.15. The smallest absolute Gasteiger partial charge is 0.410 e. The van der Waals surface area contributed by atoms with Gasteiger partial charge in [-0.2, -0.15) is 0 Å². The van der Waals surface area contributed by atoms with Crippen LogP contribution in [0.15, 0.2) is 60.8 Å². The minimum absolute atomic E-state index is 0.152. The van der Waals surface area contributed by atoms with Crippen molar-refractivity contribution in [3.63, 3.8) is 0 Å². The van der Waals surface area contributed by atoms with Gasteiger partial charge in [0.2, 0.25) is 0 Å². The minimum Gasteiger partial charge on any atom is -0.449 e. The van der Waals surface area contributed by atoms with E-state index in [-0.39, 0.29) is 17.4 Å². The van der Waals surface area contributed by atoms with Crippen LogP contribution >= 0.6 is 0 Å². The van der Waals surface area contributed by atoms with Crippen molar-refractivity contribution < 1.29 is 14.3 Å². The number of fused-ring (bicyclic) bond motifs is 1. The quantitative estimate of drug-likeness (QED) is 0.297. The predicted molar refractivity (Wildman–Crippen MR) is 129 cm³/mol. The lowest BCUT2D eigenvalue weighted by molar-refractivity contribution is 0.0669. The van der Waals surface area contributed by atoms with Gasteiger partial charge >= 0.3 is 6.09 Å². The standard InChI is InChI=1S/C27H34N2O3/c1-27(2,3)29(18-17-21-12-6-4-7-13-21)26(31)32-19-11-5-8-16-25(30)23-20-28-24-15-10-9-14-22(23)24/h4,6-7,9-10,12-15,20,28H,5,8,11,16-19H2,1-3H3. The fourth-order valence-corrected chi connectivity index (χ4v) is 3.82. The average molecular weight is 435 g/mol. The van der Waals surface area contributed by atoms with Crippen molar-refractivity contribution >= 4 is 22.8 Å². The van der Waals surface area contributed by atoms with E-state index in [2.05, 4.69) is 17.1 Å². The lowest BCUT2D eigenvalue weighted by Gasteiger charge is -2.34. The maximum Gasteiger partial charge on any atom is 0.410 e. The number of carbonyl (C=O) groups is 2. The molecule has 0 saturated carbocycles. The summed E-state index contributed by atoms with van der Waals surface area (Å²) in [6, 6.07) is 18.0. The van der Waals surface area contributed by atoms with E-state index in [1.165, 1.54) is 5.56 Å². The number of hydrogen-bond donors (Lipinski definition) is 1. The largest absolute Gasteiger partial charge is 0.449 e. The summed E-state index contributed by atoms with van der Waals surface area (Å²) in [6.07, 6.45) is 5.20. The topological polar surface area (TPSA) is 62.4 Å². The van der Waals surface area contributed by atoms with Crippen molar-refractivity contribution in [3.05, 3.63) is 71.9 Å². The molecule has 0 spiro atoms. The molecule has 0 atom stereocenters. The molecule has 0 radical (unpaired) electrons. The molecule has 0 saturated heterocycles. The zero-order valence-electron chi connectivity index (χ0n) is 19.4. The molecule has 1 aromatic heterocycles. The number of hydrogen-bond acceptors (Lipinski definition) is 3. The minimum atomic E-state index is -0.308. The third kappa shape index (κ3) is 6.46. The van der Waals surface area contributed by atoms with Crippen molar-refractivity contribution in [3.8, 4) is 0 Å². The summed E-state index contributed by atoms with van der Waals surface area (Å²) < 4.78 is 5.55. The Morgan fingerprint density at radius 3 is 2.41 bits per heavy atom. The molecule has 1 N–H and O–H groups in total. The first-order valence-electron chi connectivity index (χ1n) is 11.4. The van der Waals surface area contributed by atoms with Gasteiger partial charge in [-0.15, -0.1) is 0 Å². The predicted octanol–water partition coefficient (Wildman–Crippen LogP) is 6.39. The molecular formula is C27H34N2O3. The number of nitrogens with zero attached hydrogens (tertiary/aromatic N) is 1. The highest BCUT2D eigenvalue weighted by Gasteiger charge is 2.27. The summed E-state index contributed by atoms with van der Waals surface area (Å²) >= 11 is 0. The number of nitrogens with one attached hydrogen (secondary N) is 1. The van der Waals surface area contributed by atoms with Crippen LogP contribution in [0.1, 0.15) is 62.4 Å². The van der Waals surface area contributed by atoms with Crippen molar-refractivity contribution in [1.29, 1.82) is 0 Å². The molecule has 0 unspecified atom stereocenters. The molecule has 0 aliphatic heterocycles. The fraction of sp³-hybridized carbons (Fsp3) is 0.407. The van der Waals surface area contributed by atoms with E-state index in [9.17, 15) is 9.59 Å². The molecule has 5 heteroatoms. The third-order valence-corrected chi connectivity index (χ3v) is 5.66. The zero-order valence-corrected chi connectivity index (χ0v) is 19.4. The van der Waals surface area contributed by atoms with Gasteiger partial charge in [0.1, 0.15) is 0 Å². The van der Waals surface area contributed by atoms with Gasteiger partial charge in [0, 0.05) is 41.2 Å². The van der Waals surface area contributed by atoms with Gasteiger partial charge in [-0.05, 0) is 58.1 Å². The maximum absolute atomic E-state index is 12.7. The average Bonchev–Trinajstić information content (AvgIpc) is 3.20. The number of ether oxygens (including phenoxy) is 1. The lowest BCUT2D eigenvalue weighted by atomic mass is 10.0. The van der Waals surface area contributed by atoms with Gasteiger partial charge < -0.3 is 14.6 Å². The summed E-state index contributed by atoms with van der Waals surface area (Å²) in [6.45, 7) is 7.06. The lowest BCUT2D eigenvalue weighted by Crippen LogP contribution is -2.47. The first kappa shape index (κ1) is 23.6. The highest BCUT2D eigenvalue weighted by Crippen LogP contribution is 2.20. The molecule has 5 nitrogen and oxygen atoms in total. The highest BCUT2D eigenvalue weighted by molar-refractivity contribution is 6.07. The number of para-hydroxylation sites is 1. The second-order valence-electron chi connectivity index (χ2n) is 9.15. The number of aromatic amines is 1. The van der Waals surface area contributed by atoms with Crippen molar-refractivity contribution in [2.75, 3.05) is 13.2 Å². The van der Waals surface area contributed by atoms with E-state index in [4.69, 9.17) is 4.74 Å². The first-order valence-corrected chi connectivity index (χ1v) is 11.4. The van der Waals surface area contributed by atoms with Gasteiger partial charge in [-0.1, -0.05) is 48.5 Å². The Morgan fingerprint density at radius 1 is 0.938 bits per heavy atom. The molecule has 1 heterocycles. The van der Waals surface area contributed by atoms with Crippen molar-refractivity contribution in [2.24, 2.45) is 0 Å². The Kier molecular flexibility index (Phi) is 8.09. The fourth-order valence-electron chi connectivity index (χ4n) is 3.82. The van der Waals surface area contributed by atoms with Gasteiger partial charge in [0.15, 0.2) is 5.78 Å². The summed E-state index contributed by atoms with van der Waals surface area (Å²) in [5, 5.41) is 0.976. The van der Waals surface area contributed by atoms with E-state index >= 15 is 0 Å². The van der Waals surface area contributed by atoms with Gasteiger partial charge in [0.25, 0.3) is 0 Å². The number of Topliss-reactive ketones (excluding diaryl/α,β-unsaturated/α-hetero) is 1. The number of aromatic nitrogens is 1. The van der Waals surface area contributed by atoms with Crippen LogP contribution < -0.4 is 0 Å². The van der Waals surface area contributed by atoms with Crippen LogP contribution in [0.4, 0.5) is 4.79 Å². The molecule has 2 aromatic carbocycles. The number of ketones is 1. The Morgan fingerprint density at radius 2 is 1.66 bits per heavy atom. The Labute approximate surface area is 190 Å². The molecule has 0 aliphatic rings. The highest BCUT2D eigenvalue weighted by atomic mass is 16.6. The van der Waals surface area contributed by atoms with Crippen LogP contribution in [0.2, 0.25) is 0 Å². The number of unbranched alkanes of at least 4 members (excludes halogenated alkanes) is 2. The molecule has 0 aliphatic carbocycles. The Bertz CT molecular complexity index is 1020. The summed E-state index contributed by atoms with van der Waals surface area (Å²) in [7, 11) is 0. The second kappa shape index (κ2) is 11.0. The van der Waals surface area contributed by atoms with E-state index in [0.717, 1.165) is 42.1 Å². The summed E-state index contributed by atoms with van der Waals surface area (Å²) in [5.41, 5.74) is 2.64. The van der Waals surface area contributed by atoms with Crippen LogP contribution in [0.25, 0.3) is 10.9 Å². The zero-order chi connectivity index (χ0) is 23.0. The van der Waals surface area contributed by atoms with E-state index in [1.54, 1.807) is 11.1 Å². The third-order valence-electron chi connectivity index (χ3n) is 5.66. The summed E-state index contributed by atoms with van der Waals surface area (Å²) in [4.78, 5) is 30.2. The van der Waals surface area contributed by atoms with E-state index in [0.29, 0.717) is 19.6 Å². The SMILES string of the molecule is CC(C)(C)N(CCc1ccccc1)C(=O)OCCCCCC(=O)c1c[nH]c2ccccc12. The van der Waals surface area contributed by atoms with E-state index in [1.807, 2.05) is 63.2 Å². The van der Waals surface area contributed by atoms with Crippen LogP contribution in [-0.4, -0.2) is 40.5 Å². The molecule has 32 heavy (non-hydrogen) atoms. The molecule has 3 rings (SSSR count).